The largest absolute Gasteiger partial charge is 0.496 e. The van der Waals surface area contributed by atoms with Crippen molar-refractivity contribution >= 4 is 17.3 Å². The lowest BCUT2D eigenvalue weighted by Crippen LogP contribution is -2.12. The van der Waals surface area contributed by atoms with Gasteiger partial charge >= 0.3 is 0 Å². The van der Waals surface area contributed by atoms with Crippen LogP contribution >= 0.6 is 0 Å². The van der Waals surface area contributed by atoms with Gasteiger partial charge in [-0.05, 0) is 60.5 Å². The number of amides is 1. The van der Waals surface area contributed by atoms with E-state index in [1.165, 1.54) is 6.07 Å². The summed E-state index contributed by atoms with van der Waals surface area (Å²) in [7, 11) is 1.65. The van der Waals surface area contributed by atoms with Crippen molar-refractivity contribution < 1.29 is 18.3 Å². The summed E-state index contributed by atoms with van der Waals surface area (Å²) in [6, 6.07) is 18.1. The molecule has 0 spiro atoms. The van der Waals surface area contributed by atoms with E-state index in [0.29, 0.717) is 5.69 Å². The van der Waals surface area contributed by atoms with Gasteiger partial charge in [-0.1, -0.05) is 18.2 Å². The van der Waals surface area contributed by atoms with E-state index in [2.05, 4.69) is 10.6 Å². The van der Waals surface area contributed by atoms with Crippen molar-refractivity contribution in [1.29, 1.82) is 0 Å². The number of anilines is 2. The summed E-state index contributed by atoms with van der Waals surface area (Å²) < 4.78 is 31.6. The Kier molecular flexibility index (Phi) is 6.22. The summed E-state index contributed by atoms with van der Waals surface area (Å²) in [5.41, 5.74) is 2.64. The zero-order chi connectivity index (χ0) is 19.9. The average Bonchev–Trinajstić information content (AvgIpc) is 2.71. The lowest BCUT2D eigenvalue weighted by molar-refractivity contribution is 0.102. The highest BCUT2D eigenvalue weighted by molar-refractivity contribution is 6.04. The fraction of sp³-hybridized carbons (Fsp3) is 0.136. The minimum atomic E-state index is -1.05. The van der Waals surface area contributed by atoms with Gasteiger partial charge in [-0.25, -0.2) is 8.78 Å². The molecule has 3 rings (SSSR count). The predicted octanol–water partition coefficient (Wildman–Crippen LogP) is 4.88. The minimum absolute atomic E-state index is 0.0536. The van der Waals surface area contributed by atoms with E-state index in [1.54, 1.807) is 19.2 Å². The van der Waals surface area contributed by atoms with E-state index >= 15 is 0 Å². The molecule has 1 amide bonds. The first-order valence-corrected chi connectivity index (χ1v) is 8.79. The summed E-state index contributed by atoms with van der Waals surface area (Å²) in [6.45, 7) is 0.723. The van der Waals surface area contributed by atoms with E-state index in [4.69, 9.17) is 4.74 Å². The molecule has 0 unspecified atom stereocenters. The van der Waals surface area contributed by atoms with Gasteiger partial charge in [0, 0.05) is 23.5 Å². The first-order chi connectivity index (χ1) is 13.6. The molecule has 0 aliphatic heterocycles. The molecule has 0 atom stereocenters. The topological polar surface area (TPSA) is 50.4 Å². The molecule has 0 bridgehead atoms. The van der Waals surface area contributed by atoms with Gasteiger partial charge in [0.15, 0.2) is 11.6 Å². The molecule has 0 heterocycles. The number of nitrogens with one attached hydrogen (secondary N) is 2. The molecule has 0 aliphatic carbocycles. The molecule has 144 valence electrons. The van der Waals surface area contributed by atoms with Crippen LogP contribution in [0.5, 0.6) is 5.75 Å². The standard InChI is InChI=1S/C22H20F2N2O2/c1-28-21-5-3-2-4-15(21)12-13-25-17-7-9-18(10-8-17)26-22(27)16-6-11-19(23)20(24)14-16/h2-11,14,25H,12-13H2,1H3,(H,26,27). The number of hydrogen-bond donors (Lipinski definition) is 2. The number of carbonyl (C=O) groups excluding carboxylic acids is 1. The Bertz CT molecular complexity index is 959. The van der Waals surface area contributed by atoms with Crippen LogP contribution in [0.4, 0.5) is 20.2 Å². The highest BCUT2D eigenvalue weighted by atomic mass is 19.2. The van der Waals surface area contributed by atoms with Crippen LogP contribution in [0.25, 0.3) is 0 Å². The van der Waals surface area contributed by atoms with Gasteiger partial charge in [0.25, 0.3) is 5.91 Å². The maximum atomic E-state index is 13.2. The Morgan fingerprint density at radius 2 is 1.64 bits per heavy atom. The fourth-order valence-corrected chi connectivity index (χ4v) is 2.76. The molecule has 6 heteroatoms. The molecule has 0 aromatic heterocycles. The lowest BCUT2D eigenvalue weighted by atomic mass is 10.1. The molecule has 3 aromatic carbocycles. The highest BCUT2D eigenvalue weighted by Crippen LogP contribution is 2.19. The molecule has 2 N–H and O–H groups in total. The van der Waals surface area contributed by atoms with Gasteiger partial charge in [-0.2, -0.15) is 0 Å². The smallest absolute Gasteiger partial charge is 0.255 e. The average molecular weight is 382 g/mol. The maximum Gasteiger partial charge on any atom is 0.255 e. The van der Waals surface area contributed by atoms with Crippen molar-refractivity contribution in [3.63, 3.8) is 0 Å². The Balaban J connectivity index is 1.54. The second-order valence-corrected chi connectivity index (χ2v) is 6.15. The molecule has 0 fully saturated rings. The number of benzene rings is 3. The summed E-state index contributed by atoms with van der Waals surface area (Å²) in [5.74, 6) is -1.68. The number of ether oxygens (including phenoxy) is 1. The van der Waals surface area contributed by atoms with Crippen molar-refractivity contribution in [3.05, 3.63) is 89.5 Å². The van der Waals surface area contributed by atoms with E-state index in [-0.39, 0.29) is 5.56 Å². The molecule has 3 aromatic rings. The quantitative estimate of drug-likeness (QED) is 0.612. The van der Waals surface area contributed by atoms with Crippen LogP contribution in [-0.4, -0.2) is 19.6 Å². The maximum absolute atomic E-state index is 13.2. The van der Waals surface area contributed by atoms with Crippen molar-refractivity contribution in [2.45, 2.75) is 6.42 Å². The summed E-state index contributed by atoms with van der Waals surface area (Å²) >= 11 is 0. The van der Waals surface area contributed by atoms with Crippen LogP contribution in [0.15, 0.2) is 66.7 Å². The van der Waals surface area contributed by atoms with E-state index in [1.807, 2.05) is 36.4 Å². The van der Waals surface area contributed by atoms with Crippen LogP contribution in [0, 0.1) is 11.6 Å². The SMILES string of the molecule is COc1ccccc1CCNc1ccc(NC(=O)c2ccc(F)c(F)c2)cc1. The van der Waals surface area contributed by atoms with Crippen LogP contribution in [-0.2, 0) is 6.42 Å². The van der Waals surface area contributed by atoms with E-state index in [9.17, 15) is 13.6 Å². The van der Waals surface area contributed by atoms with Crippen LogP contribution in [0.2, 0.25) is 0 Å². The third-order valence-corrected chi connectivity index (χ3v) is 4.24. The number of methoxy groups -OCH3 is 1. The Morgan fingerprint density at radius 1 is 0.929 bits per heavy atom. The molecular weight excluding hydrogens is 362 g/mol. The first kappa shape index (κ1) is 19.4. The van der Waals surface area contributed by atoms with Crippen LogP contribution in [0.1, 0.15) is 15.9 Å². The van der Waals surface area contributed by atoms with Crippen molar-refractivity contribution in [3.8, 4) is 5.75 Å². The van der Waals surface area contributed by atoms with Crippen molar-refractivity contribution in [1.82, 2.24) is 0 Å². The van der Waals surface area contributed by atoms with Crippen molar-refractivity contribution in [2.75, 3.05) is 24.3 Å². The van der Waals surface area contributed by atoms with Gasteiger partial charge in [0.1, 0.15) is 5.75 Å². The molecule has 0 saturated heterocycles. The zero-order valence-corrected chi connectivity index (χ0v) is 15.3. The minimum Gasteiger partial charge on any atom is -0.496 e. The number of carbonyl (C=O) groups is 1. The monoisotopic (exact) mass is 382 g/mol. The summed E-state index contributed by atoms with van der Waals surface area (Å²) in [4.78, 5) is 12.1. The third-order valence-electron chi connectivity index (χ3n) is 4.24. The number of rotatable bonds is 7. The molecular formula is C22H20F2N2O2. The van der Waals surface area contributed by atoms with Crippen LogP contribution in [0.3, 0.4) is 0 Å². The lowest BCUT2D eigenvalue weighted by Gasteiger charge is -2.11. The normalized spacial score (nSPS) is 10.4. The van der Waals surface area contributed by atoms with Gasteiger partial charge in [0.05, 0.1) is 7.11 Å². The third kappa shape index (κ3) is 4.85. The van der Waals surface area contributed by atoms with Crippen LogP contribution < -0.4 is 15.4 Å². The van der Waals surface area contributed by atoms with E-state index < -0.39 is 17.5 Å². The van der Waals surface area contributed by atoms with Gasteiger partial charge in [-0.15, -0.1) is 0 Å². The molecule has 4 nitrogen and oxygen atoms in total. The Morgan fingerprint density at radius 3 is 2.36 bits per heavy atom. The fourth-order valence-electron chi connectivity index (χ4n) is 2.76. The molecule has 0 radical (unpaired) electrons. The van der Waals surface area contributed by atoms with Gasteiger partial charge < -0.3 is 15.4 Å². The molecule has 0 aliphatic rings. The van der Waals surface area contributed by atoms with Gasteiger partial charge in [-0.3, -0.25) is 4.79 Å². The number of halogens is 2. The Hall–Kier alpha value is -3.41. The summed E-state index contributed by atoms with van der Waals surface area (Å²) in [5, 5.41) is 5.97. The van der Waals surface area contributed by atoms with Gasteiger partial charge in [0.2, 0.25) is 0 Å². The molecule has 0 saturated carbocycles. The predicted molar refractivity (Wildman–Crippen MR) is 106 cm³/mol. The Labute approximate surface area is 162 Å². The van der Waals surface area contributed by atoms with E-state index in [0.717, 1.165) is 42.1 Å². The second kappa shape index (κ2) is 8.99. The first-order valence-electron chi connectivity index (χ1n) is 8.79. The number of para-hydroxylation sites is 1. The number of hydrogen-bond acceptors (Lipinski definition) is 3. The highest BCUT2D eigenvalue weighted by Gasteiger charge is 2.10. The second-order valence-electron chi connectivity index (χ2n) is 6.15. The summed E-state index contributed by atoms with van der Waals surface area (Å²) in [6.07, 6.45) is 0.804. The molecule has 28 heavy (non-hydrogen) atoms. The zero-order valence-electron chi connectivity index (χ0n) is 15.3. The van der Waals surface area contributed by atoms with Crippen molar-refractivity contribution in [2.24, 2.45) is 0 Å².